The van der Waals surface area contributed by atoms with Crippen LogP contribution in [-0.4, -0.2) is 22.8 Å². The van der Waals surface area contributed by atoms with Crippen molar-refractivity contribution >= 4 is 22.6 Å². The van der Waals surface area contributed by atoms with Gasteiger partial charge in [-0.15, -0.1) is 11.6 Å². The number of fused-ring (bicyclic) bond motifs is 1. The van der Waals surface area contributed by atoms with Crippen LogP contribution in [0.15, 0.2) is 12.1 Å². The molecule has 0 saturated heterocycles. The first kappa shape index (κ1) is 13.9. The summed E-state index contributed by atoms with van der Waals surface area (Å²) in [6, 6.07) is 2.20. The van der Waals surface area contributed by atoms with Crippen molar-refractivity contribution in [3.05, 3.63) is 23.8 Å². The Morgan fingerprint density at radius 1 is 1.37 bits per heavy atom. The van der Waals surface area contributed by atoms with E-state index >= 15 is 0 Å². The highest BCUT2D eigenvalue weighted by Crippen LogP contribution is 2.28. The number of alkyl halides is 4. The quantitative estimate of drug-likeness (QED) is 0.640. The van der Waals surface area contributed by atoms with Gasteiger partial charge < -0.3 is 9.30 Å². The summed E-state index contributed by atoms with van der Waals surface area (Å²) in [4.78, 5) is 3.89. The number of methoxy groups -OCH3 is 1. The molecule has 1 heterocycles. The SMILES string of the molecule is COc1cc2c(cc1F)nc(CCl)n2CC(F)(F)F. The summed E-state index contributed by atoms with van der Waals surface area (Å²) in [6.45, 7) is -1.24. The van der Waals surface area contributed by atoms with Gasteiger partial charge in [-0.1, -0.05) is 0 Å². The Bertz CT molecular complexity index is 609. The van der Waals surface area contributed by atoms with E-state index in [-0.39, 0.29) is 28.5 Å². The van der Waals surface area contributed by atoms with Crippen LogP contribution in [0.5, 0.6) is 5.75 Å². The Morgan fingerprint density at radius 2 is 2.05 bits per heavy atom. The van der Waals surface area contributed by atoms with Crippen LogP contribution in [0.2, 0.25) is 0 Å². The molecule has 0 atom stereocenters. The van der Waals surface area contributed by atoms with E-state index in [9.17, 15) is 17.6 Å². The van der Waals surface area contributed by atoms with E-state index in [4.69, 9.17) is 16.3 Å². The molecule has 0 aliphatic rings. The van der Waals surface area contributed by atoms with Gasteiger partial charge in [-0.05, 0) is 0 Å². The van der Waals surface area contributed by atoms with Gasteiger partial charge in [0, 0.05) is 12.1 Å². The molecule has 0 bridgehead atoms. The monoisotopic (exact) mass is 296 g/mol. The molecule has 0 amide bonds. The van der Waals surface area contributed by atoms with Crippen molar-refractivity contribution in [1.82, 2.24) is 9.55 Å². The summed E-state index contributed by atoms with van der Waals surface area (Å²) in [7, 11) is 1.23. The Labute approximate surface area is 110 Å². The van der Waals surface area contributed by atoms with E-state index in [0.717, 1.165) is 10.6 Å². The molecule has 3 nitrogen and oxygen atoms in total. The predicted octanol–water partition coefficient (Wildman–Crippen LogP) is 3.49. The van der Waals surface area contributed by atoms with Gasteiger partial charge in [-0.2, -0.15) is 13.2 Å². The molecule has 0 aliphatic heterocycles. The molecule has 0 spiro atoms. The van der Waals surface area contributed by atoms with Gasteiger partial charge in [-0.25, -0.2) is 9.37 Å². The van der Waals surface area contributed by atoms with Crippen LogP contribution in [0.1, 0.15) is 5.82 Å². The van der Waals surface area contributed by atoms with Gasteiger partial charge in [0.2, 0.25) is 0 Å². The number of nitrogens with zero attached hydrogens (tertiary/aromatic N) is 2. The van der Waals surface area contributed by atoms with E-state index in [1.54, 1.807) is 0 Å². The third kappa shape index (κ3) is 2.75. The van der Waals surface area contributed by atoms with E-state index in [2.05, 4.69) is 4.98 Å². The maximum absolute atomic E-state index is 13.5. The molecule has 0 aliphatic carbocycles. The highest BCUT2D eigenvalue weighted by Gasteiger charge is 2.30. The maximum atomic E-state index is 13.5. The molecule has 0 N–H and O–H groups in total. The molecule has 1 aromatic heterocycles. The van der Waals surface area contributed by atoms with E-state index in [1.807, 2.05) is 0 Å². The minimum Gasteiger partial charge on any atom is -0.494 e. The summed E-state index contributed by atoms with van der Waals surface area (Å²) in [5, 5.41) is 0. The fourth-order valence-electron chi connectivity index (χ4n) is 1.79. The maximum Gasteiger partial charge on any atom is 0.406 e. The molecule has 0 unspecified atom stereocenters. The highest BCUT2D eigenvalue weighted by molar-refractivity contribution is 6.16. The van der Waals surface area contributed by atoms with Gasteiger partial charge in [0.25, 0.3) is 0 Å². The minimum absolute atomic E-state index is 0.0293. The molecule has 0 saturated carbocycles. The van der Waals surface area contributed by atoms with E-state index in [0.29, 0.717) is 0 Å². The second-order valence-electron chi connectivity index (χ2n) is 3.84. The molecule has 8 heteroatoms. The second kappa shape index (κ2) is 4.88. The minimum atomic E-state index is -4.42. The van der Waals surface area contributed by atoms with Crippen molar-refractivity contribution in [1.29, 1.82) is 0 Å². The summed E-state index contributed by atoms with van der Waals surface area (Å²) in [6.07, 6.45) is -4.42. The number of ether oxygens (including phenoxy) is 1. The second-order valence-corrected chi connectivity index (χ2v) is 4.11. The number of aromatic nitrogens is 2. The van der Waals surface area contributed by atoms with Crippen molar-refractivity contribution in [2.75, 3.05) is 7.11 Å². The molecule has 104 valence electrons. The van der Waals surface area contributed by atoms with Crippen LogP contribution in [0, 0.1) is 5.82 Å². The van der Waals surface area contributed by atoms with Crippen LogP contribution in [0.3, 0.4) is 0 Å². The van der Waals surface area contributed by atoms with Crippen molar-refractivity contribution in [3.8, 4) is 5.75 Å². The van der Waals surface area contributed by atoms with Gasteiger partial charge in [0.15, 0.2) is 11.6 Å². The summed E-state index contributed by atoms with van der Waals surface area (Å²) >= 11 is 5.57. The standard InChI is InChI=1S/C11H9ClF4N2O/c1-19-9-3-8-7(2-6(9)13)17-10(4-12)18(8)5-11(14,15)16/h2-3H,4-5H2,1H3. The fraction of sp³-hybridized carbons (Fsp3) is 0.364. The molecule has 2 rings (SSSR count). The molecular formula is C11H9ClF4N2O. The average Bonchev–Trinajstić information content (AvgIpc) is 2.63. The molecule has 0 radical (unpaired) electrons. The lowest BCUT2D eigenvalue weighted by Gasteiger charge is -2.11. The molecule has 0 fully saturated rings. The van der Waals surface area contributed by atoms with Crippen molar-refractivity contribution in [2.45, 2.75) is 18.6 Å². The van der Waals surface area contributed by atoms with Crippen molar-refractivity contribution < 1.29 is 22.3 Å². The molecule has 19 heavy (non-hydrogen) atoms. The first-order valence-electron chi connectivity index (χ1n) is 5.21. The number of benzene rings is 1. The van der Waals surface area contributed by atoms with Crippen LogP contribution in [0.4, 0.5) is 17.6 Å². The van der Waals surface area contributed by atoms with Gasteiger partial charge in [-0.3, -0.25) is 0 Å². The number of hydrogen-bond acceptors (Lipinski definition) is 2. The predicted molar refractivity (Wildman–Crippen MR) is 61.9 cm³/mol. The van der Waals surface area contributed by atoms with E-state index < -0.39 is 18.5 Å². The number of rotatable bonds is 3. The third-order valence-electron chi connectivity index (χ3n) is 2.56. The normalized spacial score (nSPS) is 12.1. The summed E-state index contributed by atoms with van der Waals surface area (Å²) < 4.78 is 56.7. The zero-order valence-electron chi connectivity index (χ0n) is 9.76. The lowest BCUT2D eigenvalue weighted by molar-refractivity contribution is -0.140. The van der Waals surface area contributed by atoms with Crippen molar-refractivity contribution in [2.24, 2.45) is 0 Å². The van der Waals surface area contributed by atoms with Gasteiger partial charge in [0.1, 0.15) is 12.4 Å². The Hall–Kier alpha value is -1.50. The summed E-state index contributed by atoms with van der Waals surface area (Å²) in [5.41, 5.74) is 0.240. The Kier molecular flexibility index (Phi) is 3.58. The Morgan fingerprint density at radius 3 is 2.58 bits per heavy atom. The third-order valence-corrected chi connectivity index (χ3v) is 2.80. The van der Waals surface area contributed by atoms with Crippen molar-refractivity contribution in [3.63, 3.8) is 0 Å². The summed E-state index contributed by atoms with van der Waals surface area (Å²) in [5.74, 6) is -0.999. The van der Waals surface area contributed by atoms with Gasteiger partial charge >= 0.3 is 6.18 Å². The van der Waals surface area contributed by atoms with Gasteiger partial charge in [0.05, 0.1) is 24.0 Å². The number of halogens is 5. The molecular weight excluding hydrogens is 288 g/mol. The van der Waals surface area contributed by atoms with Crippen LogP contribution in [-0.2, 0) is 12.4 Å². The lowest BCUT2D eigenvalue weighted by atomic mass is 10.3. The van der Waals surface area contributed by atoms with E-state index in [1.165, 1.54) is 13.2 Å². The van der Waals surface area contributed by atoms with Crippen LogP contribution >= 0.6 is 11.6 Å². The molecule has 1 aromatic carbocycles. The zero-order chi connectivity index (χ0) is 14.2. The molecule has 2 aromatic rings. The largest absolute Gasteiger partial charge is 0.494 e. The first-order valence-corrected chi connectivity index (χ1v) is 5.74. The average molecular weight is 297 g/mol. The zero-order valence-corrected chi connectivity index (χ0v) is 10.5. The first-order chi connectivity index (χ1) is 8.85. The fourth-order valence-corrected chi connectivity index (χ4v) is 1.99. The topological polar surface area (TPSA) is 27.1 Å². The van der Waals surface area contributed by atoms with Crippen LogP contribution in [0.25, 0.3) is 11.0 Å². The lowest BCUT2D eigenvalue weighted by Crippen LogP contribution is -2.19. The number of hydrogen-bond donors (Lipinski definition) is 0. The highest BCUT2D eigenvalue weighted by atomic mass is 35.5. The van der Waals surface area contributed by atoms with Crippen LogP contribution < -0.4 is 4.74 Å². The Balaban J connectivity index is 2.65. The smallest absolute Gasteiger partial charge is 0.406 e. The number of imidazole rings is 1.